The molecule has 3 rings (SSSR count). The molecule has 1 aromatic carbocycles. The van der Waals surface area contributed by atoms with Gasteiger partial charge in [0, 0.05) is 11.6 Å². The molecule has 0 saturated carbocycles. The van der Waals surface area contributed by atoms with Crippen molar-refractivity contribution in [2.75, 3.05) is 6.61 Å². The van der Waals surface area contributed by atoms with Gasteiger partial charge in [-0.3, -0.25) is 9.78 Å². The molecular weight excluding hydrogens is 336 g/mol. The van der Waals surface area contributed by atoms with Gasteiger partial charge in [0.15, 0.2) is 5.17 Å². The summed E-state index contributed by atoms with van der Waals surface area (Å²) >= 11 is 1.14. The number of thioether (sulfide) groups is 1. The Balaban J connectivity index is 2.03. The molecule has 1 aliphatic rings. The normalized spacial score (nSPS) is 15.4. The summed E-state index contributed by atoms with van der Waals surface area (Å²) in [6.07, 6.45) is 5.15. The minimum Gasteiger partial charge on any atom is -0.491 e. The molecule has 1 amide bonds. The molecule has 2 aromatic rings. The number of unbranched alkanes of at least 4 members (excludes halogenated alkanes) is 1. The SMILES string of the molecule is CCCCOc1c(C#N)cnc2ccc(C=C3SC(N)=NC3=O)cc12. The molecule has 0 spiro atoms. The van der Waals surface area contributed by atoms with Crippen LogP contribution in [-0.4, -0.2) is 22.7 Å². The zero-order chi connectivity index (χ0) is 17.8. The minimum absolute atomic E-state index is 0.245. The zero-order valence-electron chi connectivity index (χ0n) is 13.7. The van der Waals surface area contributed by atoms with Crippen LogP contribution in [0.4, 0.5) is 0 Å². The van der Waals surface area contributed by atoms with Crippen molar-refractivity contribution in [1.29, 1.82) is 5.26 Å². The Kier molecular flexibility index (Phi) is 5.00. The number of carbonyl (C=O) groups is 1. The zero-order valence-corrected chi connectivity index (χ0v) is 14.5. The fourth-order valence-electron chi connectivity index (χ4n) is 2.41. The van der Waals surface area contributed by atoms with E-state index in [-0.39, 0.29) is 11.1 Å². The standard InChI is InChI=1S/C18H16N4O2S/c1-2-3-6-24-16-12(9-19)10-21-14-5-4-11(7-13(14)16)8-15-17(23)22-18(20)25-15/h4-5,7-8,10H,2-3,6H2,1H3,(H2,20,22,23). The van der Waals surface area contributed by atoms with Gasteiger partial charge < -0.3 is 10.5 Å². The summed E-state index contributed by atoms with van der Waals surface area (Å²) in [6, 6.07) is 7.68. The number of ether oxygens (including phenoxy) is 1. The van der Waals surface area contributed by atoms with E-state index in [1.807, 2.05) is 18.2 Å². The van der Waals surface area contributed by atoms with Crippen LogP contribution < -0.4 is 10.5 Å². The van der Waals surface area contributed by atoms with Crippen molar-refractivity contribution in [2.45, 2.75) is 19.8 Å². The van der Waals surface area contributed by atoms with Crippen molar-refractivity contribution >= 4 is 39.8 Å². The van der Waals surface area contributed by atoms with Gasteiger partial charge in [-0.25, -0.2) is 0 Å². The number of fused-ring (bicyclic) bond motifs is 1. The molecule has 0 unspecified atom stereocenters. The van der Waals surface area contributed by atoms with Crippen LogP contribution in [0.25, 0.3) is 17.0 Å². The van der Waals surface area contributed by atoms with Gasteiger partial charge in [-0.2, -0.15) is 10.3 Å². The second-order valence-corrected chi connectivity index (χ2v) is 6.52. The van der Waals surface area contributed by atoms with Crippen LogP contribution in [0.5, 0.6) is 5.75 Å². The smallest absolute Gasteiger partial charge is 0.286 e. The third kappa shape index (κ3) is 3.64. The Hall–Kier alpha value is -2.85. The molecule has 0 atom stereocenters. The summed E-state index contributed by atoms with van der Waals surface area (Å²) in [5.41, 5.74) is 7.50. The molecule has 0 saturated heterocycles. The van der Waals surface area contributed by atoms with Crippen molar-refractivity contribution in [3.05, 3.63) is 40.4 Å². The molecular formula is C18H16N4O2S. The first-order chi connectivity index (χ1) is 12.1. The van der Waals surface area contributed by atoms with Gasteiger partial charge in [-0.1, -0.05) is 19.4 Å². The maximum absolute atomic E-state index is 11.8. The third-order valence-electron chi connectivity index (χ3n) is 3.64. The average molecular weight is 352 g/mol. The average Bonchev–Trinajstić information content (AvgIpc) is 2.92. The Labute approximate surface area is 149 Å². The van der Waals surface area contributed by atoms with E-state index in [4.69, 9.17) is 10.5 Å². The second-order valence-electron chi connectivity index (χ2n) is 5.46. The first kappa shape index (κ1) is 17.0. The Morgan fingerprint density at radius 3 is 2.96 bits per heavy atom. The number of benzene rings is 1. The predicted octanol–water partition coefficient (Wildman–Crippen LogP) is 3.21. The summed E-state index contributed by atoms with van der Waals surface area (Å²) in [4.78, 5) is 20.2. The predicted molar refractivity (Wildman–Crippen MR) is 99.1 cm³/mol. The van der Waals surface area contributed by atoms with Crippen molar-refractivity contribution < 1.29 is 9.53 Å². The first-order valence-electron chi connectivity index (χ1n) is 7.86. The van der Waals surface area contributed by atoms with Gasteiger partial charge >= 0.3 is 0 Å². The van der Waals surface area contributed by atoms with E-state index in [2.05, 4.69) is 23.0 Å². The van der Waals surface area contributed by atoms with Crippen molar-refractivity contribution in [3.63, 3.8) is 0 Å². The number of rotatable bonds is 5. The summed E-state index contributed by atoms with van der Waals surface area (Å²) in [6.45, 7) is 2.61. The molecule has 1 aromatic heterocycles. The molecule has 1 aliphatic heterocycles. The Bertz CT molecular complexity index is 944. The van der Waals surface area contributed by atoms with Crippen molar-refractivity contribution in [1.82, 2.24) is 4.98 Å². The van der Waals surface area contributed by atoms with E-state index in [0.29, 0.717) is 22.8 Å². The molecule has 0 fully saturated rings. The fourth-order valence-corrected chi connectivity index (χ4v) is 3.09. The lowest BCUT2D eigenvalue weighted by Gasteiger charge is -2.11. The maximum atomic E-state index is 11.8. The van der Waals surface area contributed by atoms with Crippen LogP contribution in [0.15, 0.2) is 34.3 Å². The van der Waals surface area contributed by atoms with E-state index in [9.17, 15) is 10.1 Å². The monoisotopic (exact) mass is 352 g/mol. The fraction of sp³-hybridized carbons (Fsp3) is 0.222. The summed E-state index contributed by atoms with van der Waals surface area (Å²) in [7, 11) is 0. The Morgan fingerprint density at radius 2 is 2.28 bits per heavy atom. The molecule has 6 nitrogen and oxygen atoms in total. The topological polar surface area (TPSA) is 101 Å². The van der Waals surface area contributed by atoms with Crippen LogP contribution >= 0.6 is 11.8 Å². The molecule has 0 aliphatic carbocycles. The van der Waals surface area contributed by atoms with Crippen molar-refractivity contribution in [2.24, 2.45) is 10.7 Å². The largest absolute Gasteiger partial charge is 0.491 e. The third-order valence-corrected chi connectivity index (χ3v) is 4.45. The molecule has 0 radical (unpaired) electrons. The van der Waals surface area contributed by atoms with Gasteiger partial charge in [0.25, 0.3) is 5.91 Å². The van der Waals surface area contributed by atoms with Gasteiger partial charge in [0.05, 0.1) is 17.0 Å². The number of hydrogen-bond acceptors (Lipinski definition) is 6. The molecule has 0 bridgehead atoms. The van der Waals surface area contributed by atoms with Gasteiger partial charge in [0.2, 0.25) is 0 Å². The number of nitriles is 1. The van der Waals surface area contributed by atoms with Gasteiger partial charge in [-0.15, -0.1) is 0 Å². The highest BCUT2D eigenvalue weighted by Gasteiger charge is 2.19. The summed E-state index contributed by atoms with van der Waals surface area (Å²) in [5.74, 6) is 0.188. The number of pyridine rings is 1. The minimum atomic E-state index is -0.342. The lowest BCUT2D eigenvalue weighted by molar-refractivity contribution is -0.113. The number of nitrogens with two attached hydrogens (primary N) is 1. The van der Waals surface area contributed by atoms with Crippen LogP contribution in [-0.2, 0) is 4.79 Å². The quantitative estimate of drug-likeness (QED) is 0.655. The number of amides is 1. The highest BCUT2D eigenvalue weighted by molar-refractivity contribution is 8.18. The highest BCUT2D eigenvalue weighted by Crippen LogP contribution is 2.31. The van der Waals surface area contributed by atoms with E-state index in [1.165, 1.54) is 6.20 Å². The highest BCUT2D eigenvalue weighted by atomic mass is 32.2. The number of hydrogen-bond donors (Lipinski definition) is 1. The van der Waals surface area contributed by atoms with Gasteiger partial charge in [-0.05, 0) is 42.0 Å². The molecule has 2 N–H and O–H groups in total. The van der Waals surface area contributed by atoms with Gasteiger partial charge in [0.1, 0.15) is 17.4 Å². The van der Waals surface area contributed by atoms with Crippen molar-refractivity contribution in [3.8, 4) is 11.8 Å². The van der Waals surface area contributed by atoms with Crippen LogP contribution in [0, 0.1) is 11.3 Å². The summed E-state index contributed by atoms with van der Waals surface area (Å²) < 4.78 is 5.85. The number of aromatic nitrogens is 1. The molecule has 2 heterocycles. The Morgan fingerprint density at radius 1 is 1.44 bits per heavy atom. The number of carbonyl (C=O) groups excluding carboxylic acids is 1. The van der Waals surface area contributed by atoms with E-state index < -0.39 is 0 Å². The second kappa shape index (κ2) is 7.36. The molecule has 25 heavy (non-hydrogen) atoms. The summed E-state index contributed by atoms with van der Waals surface area (Å²) in [5, 5.41) is 10.3. The van der Waals surface area contributed by atoms with Crippen LogP contribution in [0.1, 0.15) is 30.9 Å². The number of amidine groups is 1. The van der Waals surface area contributed by atoms with E-state index >= 15 is 0 Å². The van der Waals surface area contributed by atoms with Crippen LogP contribution in [0.3, 0.4) is 0 Å². The molecule has 126 valence electrons. The lowest BCUT2D eigenvalue weighted by atomic mass is 10.1. The first-order valence-corrected chi connectivity index (χ1v) is 8.67. The maximum Gasteiger partial charge on any atom is 0.286 e. The lowest BCUT2D eigenvalue weighted by Crippen LogP contribution is -2.01. The number of aliphatic imine (C=N–C) groups is 1. The number of nitrogens with zero attached hydrogens (tertiary/aromatic N) is 3. The van der Waals surface area contributed by atoms with E-state index in [0.717, 1.165) is 41.1 Å². The molecule has 7 heteroatoms. The van der Waals surface area contributed by atoms with E-state index in [1.54, 1.807) is 6.08 Å². The van der Waals surface area contributed by atoms with Crippen LogP contribution in [0.2, 0.25) is 0 Å².